The van der Waals surface area contributed by atoms with Gasteiger partial charge >= 0.3 is 0 Å². The fraction of sp³-hybridized carbons (Fsp3) is 0.737. The minimum absolute atomic E-state index is 0.0910. The summed E-state index contributed by atoms with van der Waals surface area (Å²) in [5.74, 6) is 0.316. The molecule has 1 saturated carbocycles. The van der Waals surface area contributed by atoms with Crippen LogP contribution in [0.1, 0.15) is 43.4 Å². The van der Waals surface area contributed by atoms with E-state index in [0.29, 0.717) is 12.1 Å². The van der Waals surface area contributed by atoms with Crippen molar-refractivity contribution in [3.63, 3.8) is 0 Å². The number of nitrogens with zero attached hydrogens (tertiary/aromatic N) is 1. The Balaban J connectivity index is 1.34. The summed E-state index contributed by atoms with van der Waals surface area (Å²) in [6, 6.07) is 5.44. The highest BCUT2D eigenvalue weighted by Crippen LogP contribution is 2.36. The van der Waals surface area contributed by atoms with Crippen LogP contribution in [0.3, 0.4) is 0 Å². The van der Waals surface area contributed by atoms with E-state index in [1.54, 1.807) is 11.3 Å². The van der Waals surface area contributed by atoms with E-state index in [-0.39, 0.29) is 17.9 Å². The van der Waals surface area contributed by atoms with Crippen LogP contribution in [-0.4, -0.2) is 48.7 Å². The van der Waals surface area contributed by atoms with E-state index in [4.69, 9.17) is 4.74 Å². The van der Waals surface area contributed by atoms with Gasteiger partial charge in [-0.25, -0.2) is 0 Å². The fourth-order valence-corrected chi connectivity index (χ4v) is 5.45. The molecule has 4 rings (SSSR count). The molecule has 1 N–H and O–H groups in total. The molecular weight excluding hydrogens is 320 g/mol. The highest BCUT2D eigenvalue weighted by Gasteiger charge is 2.44. The lowest BCUT2D eigenvalue weighted by atomic mass is 9.88. The first-order valence-corrected chi connectivity index (χ1v) is 10.4. The number of amides is 1. The van der Waals surface area contributed by atoms with Crippen LogP contribution < -0.4 is 5.32 Å². The zero-order valence-corrected chi connectivity index (χ0v) is 15.1. The molecule has 1 aromatic heterocycles. The Morgan fingerprint density at radius 1 is 1.33 bits per heavy atom. The van der Waals surface area contributed by atoms with Crippen molar-refractivity contribution in [3.8, 4) is 0 Å². The molecular formula is C19H28N2O2S. The number of hydrogen-bond acceptors (Lipinski definition) is 4. The quantitative estimate of drug-likeness (QED) is 0.890. The van der Waals surface area contributed by atoms with Gasteiger partial charge in [0.05, 0.1) is 12.0 Å². The Labute approximate surface area is 148 Å². The second-order valence-corrected chi connectivity index (χ2v) is 8.49. The second-order valence-electron chi connectivity index (χ2n) is 7.45. The van der Waals surface area contributed by atoms with Gasteiger partial charge in [-0.05, 0) is 43.6 Å². The van der Waals surface area contributed by atoms with E-state index in [1.807, 2.05) is 0 Å². The molecule has 0 unspecified atom stereocenters. The van der Waals surface area contributed by atoms with Crippen LogP contribution in [0.25, 0.3) is 0 Å². The number of carbonyl (C=O) groups is 1. The predicted octanol–water partition coefficient (Wildman–Crippen LogP) is 2.83. The van der Waals surface area contributed by atoms with Crippen LogP contribution in [0.15, 0.2) is 17.5 Å². The summed E-state index contributed by atoms with van der Waals surface area (Å²) in [4.78, 5) is 16.7. The maximum absolute atomic E-state index is 12.7. The van der Waals surface area contributed by atoms with Crippen molar-refractivity contribution >= 4 is 17.2 Å². The lowest BCUT2D eigenvalue weighted by molar-refractivity contribution is -0.130. The van der Waals surface area contributed by atoms with Gasteiger partial charge in [0.2, 0.25) is 5.91 Å². The van der Waals surface area contributed by atoms with Gasteiger partial charge in [-0.3, -0.25) is 9.69 Å². The number of thiophene rings is 1. The second kappa shape index (κ2) is 7.54. The molecule has 0 bridgehead atoms. The molecule has 0 spiro atoms. The minimum atomic E-state index is 0.0910. The van der Waals surface area contributed by atoms with Gasteiger partial charge in [-0.15, -0.1) is 11.3 Å². The van der Waals surface area contributed by atoms with Crippen molar-refractivity contribution in [3.05, 3.63) is 22.4 Å². The Morgan fingerprint density at radius 2 is 2.21 bits per heavy atom. The molecule has 24 heavy (non-hydrogen) atoms. The summed E-state index contributed by atoms with van der Waals surface area (Å²) in [7, 11) is 0. The zero-order valence-electron chi connectivity index (χ0n) is 14.3. The van der Waals surface area contributed by atoms with Gasteiger partial charge in [0.25, 0.3) is 0 Å². The average molecular weight is 349 g/mol. The first-order valence-electron chi connectivity index (χ1n) is 9.48. The molecule has 3 fully saturated rings. The lowest BCUT2D eigenvalue weighted by Crippen LogP contribution is -2.55. The van der Waals surface area contributed by atoms with Crippen molar-refractivity contribution in [1.82, 2.24) is 10.2 Å². The molecule has 0 radical (unpaired) electrons. The predicted molar refractivity (Wildman–Crippen MR) is 96.2 cm³/mol. The minimum Gasteiger partial charge on any atom is -0.377 e. The third-order valence-electron chi connectivity index (χ3n) is 5.96. The van der Waals surface area contributed by atoms with Crippen molar-refractivity contribution in [2.24, 2.45) is 5.92 Å². The maximum atomic E-state index is 12.7. The van der Waals surface area contributed by atoms with Gasteiger partial charge in [-0.2, -0.15) is 0 Å². The number of ether oxygens (including phenoxy) is 1. The Morgan fingerprint density at radius 3 is 3.00 bits per heavy atom. The van der Waals surface area contributed by atoms with Gasteiger partial charge in [-0.1, -0.05) is 18.9 Å². The fourth-order valence-electron chi connectivity index (χ4n) is 4.74. The standard InChI is InChI=1S/C19H28N2O2S/c22-19(20-9-7-16-6-3-11-24-16)14-12-18-17(8-10-23-18)21(13-14)15-4-1-2-5-15/h3,6,11,14-15,17-18H,1-2,4-5,7-10,12-13H2,(H,20,22)/t14-,17-,18-/m1/s1. The summed E-state index contributed by atoms with van der Waals surface area (Å²) < 4.78 is 5.97. The SMILES string of the molecule is O=C(NCCc1cccs1)[C@@H]1C[C@H]2OCC[C@H]2N(C2CCCC2)C1. The molecule has 1 amide bonds. The molecule has 5 heteroatoms. The van der Waals surface area contributed by atoms with Gasteiger partial charge in [0, 0.05) is 36.7 Å². The molecule has 3 atom stereocenters. The number of carbonyl (C=O) groups excluding carboxylic acids is 1. The third kappa shape index (κ3) is 3.53. The molecule has 3 aliphatic rings. The van der Waals surface area contributed by atoms with Crippen LogP contribution in [-0.2, 0) is 16.0 Å². The number of nitrogens with one attached hydrogen (secondary N) is 1. The third-order valence-corrected chi connectivity index (χ3v) is 6.90. The van der Waals surface area contributed by atoms with Crippen molar-refractivity contribution in [2.45, 2.75) is 63.1 Å². The summed E-state index contributed by atoms with van der Waals surface area (Å²) in [5.41, 5.74) is 0. The van der Waals surface area contributed by atoms with Crippen LogP contribution in [0.4, 0.5) is 0 Å². The number of rotatable bonds is 5. The van der Waals surface area contributed by atoms with E-state index in [2.05, 4.69) is 27.7 Å². The smallest absolute Gasteiger partial charge is 0.224 e. The molecule has 2 aliphatic heterocycles. The molecule has 132 valence electrons. The largest absolute Gasteiger partial charge is 0.377 e. The highest BCUT2D eigenvalue weighted by atomic mass is 32.1. The Bertz CT molecular complexity index is 542. The number of fused-ring (bicyclic) bond motifs is 1. The van der Waals surface area contributed by atoms with Crippen LogP contribution in [0.5, 0.6) is 0 Å². The van der Waals surface area contributed by atoms with Crippen LogP contribution >= 0.6 is 11.3 Å². The van der Waals surface area contributed by atoms with Crippen molar-refractivity contribution in [1.29, 1.82) is 0 Å². The Kier molecular flexibility index (Phi) is 5.20. The molecule has 4 nitrogen and oxygen atoms in total. The van der Waals surface area contributed by atoms with Gasteiger partial charge in [0.15, 0.2) is 0 Å². The number of likely N-dealkylation sites (tertiary alicyclic amines) is 1. The van der Waals surface area contributed by atoms with Crippen LogP contribution in [0.2, 0.25) is 0 Å². The summed E-state index contributed by atoms with van der Waals surface area (Å²) in [5, 5.41) is 5.26. The Hall–Kier alpha value is -0.910. The normalized spacial score (nSPS) is 31.2. The van der Waals surface area contributed by atoms with E-state index in [1.165, 1.54) is 30.6 Å². The lowest BCUT2D eigenvalue weighted by Gasteiger charge is -2.43. The maximum Gasteiger partial charge on any atom is 0.224 e. The summed E-state index contributed by atoms with van der Waals surface area (Å²) in [6.45, 7) is 2.54. The molecule has 0 aromatic carbocycles. The monoisotopic (exact) mass is 348 g/mol. The summed E-state index contributed by atoms with van der Waals surface area (Å²) >= 11 is 1.76. The molecule has 1 aromatic rings. The average Bonchev–Trinajstić information content (AvgIpc) is 3.34. The van der Waals surface area contributed by atoms with Gasteiger partial charge in [0.1, 0.15) is 0 Å². The zero-order chi connectivity index (χ0) is 16.4. The first kappa shape index (κ1) is 16.6. The molecule has 3 heterocycles. The van der Waals surface area contributed by atoms with Crippen LogP contribution in [0, 0.1) is 5.92 Å². The molecule has 1 aliphatic carbocycles. The van der Waals surface area contributed by atoms with Gasteiger partial charge < -0.3 is 10.1 Å². The molecule has 2 saturated heterocycles. The summed E-state index contributed by atoms with van der Waals surface area (Å²) in [6.07, 6.45) is 8.55. The van der Waals surface area contributed by atoms with E-state index in [0.717, 1.165) is 39.0 Å². The topological polar surface area (TPSA) is 41.6 Å². The van der Waals surface area contributed by atoms with E-state index >= 15 is 0 Å². The van der Waals surface area contributed by atoms with Crippen molar-refractivity contribution in [2.75, 3.05) is 19.7 Å². The highest BCUT2D eigenvalue weighted by molar-refractivity contribution is 7.09. The number of hydrogen-bond donors (Lipinski definition) is 1. The van der Waals surface area contributed by atoms with E-state index in [9.17, 15) is 4.79 Å². The number of piperidine rings is 1. The van der Waals surface area contributed by atoms with E-state index < -0.39 is 0 Å². The van der Waals surface area contributed by atoms with Crippen molar-refractivity contribution < 1.29 is 9.53 Å². The first-order chi connectivity index (χ1) is 11.8.